The number of hydrogen-bond donors (Lipinski definition) is 0. The monoisotopic (exact) mass is 264 g/mol. The largest absolute Gasteiger partial charge is 0.493 e. The molecular formula is C10H13ClO4S. The standard InChI is InChI=1S/C10H13ClO4S/c1-8-3-4-9(10(7-8)14-2)15-5-6-16(11,12)13/h3-4,7H,5-6H2,1-2H3. The van der Waals surface area contributed by atoms with Crippen LogP contribution in [-0.4, -0.2) is 27.9 Å². The van der Waals surface area contributed by atoms with Gasteiger partial charge < -0.3 is 9.47 Å². The molecule has 0 atom stereocenters. The molecule has 4 nitrogen and oxygen atoms in total. The molecule has 0 aliphatic heterocycles. The van der Waals surface area contributed by atoms with Crippen LogP contribution in [-0.2, 0) is 9.05 Å². The lowest BCUT2D eigenvalue weighted by Gasteiger charge is -2.10. The van der Waals surface area contributed by atoms with Gasteiger partial charge in [0.2, 0.25) is 9.05 Å². The SMILES string of the molecule is COc1cc(C)ccc1OCCS(=O)(=O)Cl. The van der Waals surface area contributed by atoms with Crippen molar-refractivity contribution in [2.75, 3.05) is 19.5 Å². The minimum absolute atomic E-state index is 0.00521. The number of benzene rings is 1. The number of methoxy groups -OCH3 is 1. The zero-order valence-corrected chi connectivity index (χ0v) is 10.6. The Bertz CT molecular complexity index is 456. The van der Waals surface area contributed by atoms with Gasteiger partial charge in [0.25, 0.3) is 0 Å². The number of hydrogen-bond acceptors (Lipinski definition) is 4. The van der Waals surface area contributed by atoms with Gasteiger partial charge in [0.15, 0.2) is 11.5 Å². The second-order valence-electron chi connectivity index (χ2n) is 3.25. The summed E-state index contributed by atoms with van der Waals surface area (Å²) in [5.41, 5.74) is 1.04. The Morgan fingerprint density at radius 2 is 2.00 bits per heavy atom. The maximum atomic E-state index is 10.7. The van der Waals surface area contributed by atoms with Gasteiger partial charge >= 0.3 is 0 Å². The van der Waals surface area contributed by atoms with Crippen molar-refractivity contribution in [1.82, 2.24) is 0 Å². The van der Waals surface area contributed by atoms with Crippen molar-refractivity contribution in [3.05, 3.63) is 23.8 Å². The van der Waals surface area contributed by atoms with E-state index in [0.29, 0.717) is 11.5 Å². The highest BCUT2D eigenvalue weighted by atomic mass is 35.7. The molecule has 0 heterocycles. The molecule has 0 N–H and O–H groups in total. The van der Waals surface area contributed by atoms with Crippen molar-refractivity contribution in [1.29, 1.82) is 0 Å². The highest BCUT2D eigenvalue weighted by Gasteiger charge is 2.08. The summed E-state index contributed by atoms with van der Waals surface area (Å²) in [6.07, 6.45) is 0. The lowest BCUT2D eigenvalue weighted by molar-refractivity contribution is 0.312. The fraction of sp³-hybridized carbons (Fsp3) is 0.400. The zero-order chi connectivity index (χ0) is 12.2. The van der Waals surface area contributed by atoms with E-state index in [4.69, 9.17) is 20.2 Å². The molecular weight excluding hydrogens is 252 g/mol. The van der Waals surface area contributed by atoms with Crippen LogP contribution in [0.4, 0.5) is 0 Å². The van der Waals surface area contributed by atoms with Gasteiger partial charge in [0.05, 0.1) is 12.9 Å². The molecule has 1 aromatic rings. The molecule has 0 saturated carbocycles. The Labute approximate surface area is 99.6 Å². The van der Waals surface area contributed by atoms with Crippen LogP contribution in [0.2, 0.25) is 0 Å². The Morgan fingerprint density at radius 3 is 2.56 bits per heavy atom. The molecule has 0 aromatic heterocycles. The van der Waals surface area contributed by atoms with Crippen LogP contribution in [0.5, 0.6) is 11.5 Å². The van der Waals surface area contributed by atoms with E-state index in [9.17, 15) is 8.42 Å². The van der Waals surface area contributed by atoms with Gasteiger partial charge in [-0.1, -0.05) is 6.07 Å². The van der Waals surface area contributed by atoms with Crippen LogP contribution in [0.25, 0.3) is 0 Å². The van der Waals surface area contributed by atoms with Gasteiger partial charge in [0.1, 0.15) is 6.61 Å². The van der Waals surface area contributed by atoms with Crippen molar-refractivity contribution in [3.8, 4) is 11.5 Å². The number of aryl methyl sites for hydroxylation is 1. The second kappa shape index (κ2) is 5.41. The van der Waals surface area contributed by atoms with E-state index in [1.54, 1.807) is 6.07 Å². The molecule has 0 fully saturated rings. The highest BCUT2D eigenvalue weighted by molar-refractivity contribution is 8.13. The fourth-order valence-corrected chi connectivity index (χ4v) is 1.62. The van der Waals surface area contributed by atoms with Crippen molar-refractivity contribution < 1.29 is 17.9 Å². The minimum atomic E-state index is -3.52. The first-order valence-electron chi connectivity index (χ1n) is 4.62. The average molecular weight is 265 g/mol. The first kappa shape index (κ1) is 13.1. The molecule has 16 heavy (non-hydrogen) atoms. The quantitative estimate of drug-likeness (QED) is 0.763. The predicted molar refractivity (Wildman–Crippen MR) is 62.9 cm³/mol. The van der Waals surface area contributed by atoms with Gasteiger partial charge in [-0.25, -0.2) is 8.42 Å². The second-order valence-corrected chi connectivity index (χ2v) is 6.14. The maximum Gasteiger partial charge on any atom is 0.235 e. The van der Waals surface area contributed by atoms with Crippen molar-refractivity contribution >= 4 is 19.7 Å². The van der Waals surface area contributed by atoms with Gasteiger partial charge in [-0.15, -0.1) is 0 Å². The van der Waals surface area contributed by atoms with Crippen molar-refractivity contribution in [2.24, 2.45) is 0 Å². The molecule has 0 unspecified atom stereocenters. The van der Waals surface area contributed by atoms with E-state index in [2.05, 4.69) is 0 Å². The van der Waals surface area contributed by atoms with Crippen LogP contribution < -0.4 is 9.47 Å². The summed E-state index contributed by atoms with van der Waals surface area (Å²) in [5, 5.41) is 0. The summed E-state index contributed by atoms with van der Waals surface area (Å²) in [7, 11) is 3.07. The third-order valence-electron chi connectivity index (χ3n) is 1.90. The van der Waals surface area contributed by atoms with E-state index < -0.39 is 9.05 Å². The van der Waals surface area contributed by atoms with Crippen LogP contribution in [0, 0.1) is 6.92 Å². The Balaban J connectivity index is 2.67. The summed E-state index contributed by atoms with van der Waals surface area (Å²) in [5.74, 6) is 0.853. The summed E-state index contributed by atoms with van der Waals surface area (Å²) < 4.78 is 31.7. The van der Waals surface area contributed by atoms with Gasteiger partial charge in [-0.3, -0.25) is 0 Å². The predicted octanol–water partition coefficient (Wildman–Crippen LogP) is 1.95. The summed E-state index contributed by atoms with van der Waals surface area (Å²) in [6, 6.07) is 5.40. The molecule has 0 bridgehead atoms. The topological polar surface area (TPSA) is 52.6 Å². The van der Waals surface area contributed by atoms with E-state index in [1.807, 2.05) is 19.1 Å². The van der Waals surface area contributed by atoms with Crippen molar-refractivity contribution in [3.63, 3.8) is 0 Å². The molecule has 1 rings (SSSR count). The van der Waals surface area contributed by atoms with E-state index in [0.717, 1.165) is 5.56 Å². The van der Waals surface area contributed by atoms with Crippen LogP contribution >= 0.6 is 10.7 Å². The maximum absolute atomic E-state index is 10.7. The summed E-state index contributed by atoms with van der Waals surface area (Å²) in [6.45, 7) is 1.93. The number of rotatable bonds is 5. The lowest BCUT2D eigenvalue weighted by atomic mass is 10.2. The summed E-state index contributed by atoms with van der Waals surface area (Å²) in [4.78, 5) is 0. The third-order valence-corrected chi connectivity index (χ3v) is 3.02. The molecule has 0 spiro atoms. The van der Waals surface area contributed by atoms with Crippen LogP contribution in [0.1, 0.15) is 5.56 Å². The van der Waals surface area contributed by atoms with Gasteiger partial charge in [-0.05, 0) is 24.6 Å². The van der Waals surface area contributed by atoms with Crippen molar-refractivity contribution in [2.45, 2.75) is 6.92 Å². The van der Waals surface area contributed by atoms with E-state index in [-0.39, 0.29) is 12.4 Å². The molecule has 1 aromatic carbocycles. The highest BCUT2D eigenvalue weighted by Crippen LogP contribution is 2.27. The Morgan fingerprint density at radius 1 is 1.31 bits per heavy atom. The van der Waals surface area contributed by atoms with E-state index >= 15 is 0 Å². The molecule has 6 heteroatoms. The zero-order valence-electron chi connectivity index (χ0n) is 9.07. The molecule has 0 aliphatic rings. The van der Waals surface area contributed by atoms with Gasteiger partial charge in [-0.2, -0.15) is 0 Å². The minimum Gasteiger partial charge on any atom is -0.493 e. The fourth-order valence-electron chi connectivity index (χ4n) is 1.15. The number of halogens is 1. The molecule has 90 valence electrons. The first-order chi connectivity index (χ1) is 7.42. The average Bonchev–Trinajstić information content (AvgIpc) is 2.18. The molecule has 0 amide bonds. The molecule has 0 aliphatic carbocycles. The van der Waals surface area contributed by atoms with Gasteiger partial charge in [0, 0.05) is 10.7 Å². The number of ether oxygens (including phenoxy) is 2. The molecule has 0 saturated heterocycles. The summed E-state index contributed by atoms with van der Waals surface area (Å²) >= 11 is 0. The Kier molecular flexibility index (Phi) is 4.44. The van der Waals surface area contributed by atoms with E-state index in [1.165, 1.54) is 7.11 Å². The molecule has 0 radical (unpaired) electrons. The normalized spacial score (nSPS) is 11.2. The first-order valence-corrected chi connectivity index (χ1v) is 7.10. The third kappa shape index (κ3) is 4.28. The van der Waals surface area contributed by atoms with Crippen LogP contribution in [0.15, 0.2) is 18.2 Å². The smallest absolute Gasteiger partial charge is 0.235 e. The van der Waals surface area contributed by atoms with Crippen LogP contribution in [0.3, 0.4) is 0 Å². The Hall–Kier alpha value is -0.940. The lowest BCUT2D eigenvalue weighted by Crippen LogP contribution is -2.09.